The Balaban J connectivity index is 1.92. The first kappa shape index (κ1) is 25.0. The highest BCUT2D eigenvalue weighted by Gasteiger charge is 2.26. The van der Waals surface area contributed by atoms with Crippen LogP contribution in [0.5, 0.6) is 5.75 Å². The Bertz CT molecular complexity index is 1090. The SMILES string of the molecule is CO[C@@H]1CN(C)C(=O)c2ccc(NS(=O)(=O)c3cccc(C)c3)cc2OC[C@H](C)NC[C@H]1C. The molecule has 8 nitrogen and oxygen atoms in total. The molecule has 1 amide bonds. The fraction of sp³-hybridized carbons (Fsp3) is 0.458. The number of carbonyl (C=O) groups is 1. The minimum atomic E-state index is -3.78. The number of hydrogen-bond donors (Lipinski definition) is 2. The van der Waals surface area contributed by atoms with Gasteiger partial charge in [-0.15, -0.1) is 0 Å². The standard InChI is InChI=1S/C24H33N3O5S/c1-16-7-6-8-20(11-16)33(29,30)26-19-9-10-21-22(12-19)32-15-18(3)25-13-17(2)23(31-5)14-27(4)24(21)28/h6-12,17-18,23,25-26H,13-15H2,1-5H3/t17-,18+,23-/m1/s1. The van der Waals surface area contributed by atoms with E-state index in [1.54, 1.807) is 55.5 Å². The summed E-state index contributed by atoms with van der Waals surface area (Å²) in [6, 6.07) is 11.4. The summed E-state index contributed by atoms with van der Waals surface area (Å²) < 4.78 is 39.9. The average Bonchev–Trinajstić information content (AvgIpc) is 2.78. The molecule has 180 valence electrons. The van der Waals surface area contributed by atoms with E-state index in [0.29, 0.717) is 36.7 Å². The van der Waals surface area contributed by atoms with Crippen LogP contribution in [0, 0.1) is 12.8 Å². The number of aryl methyl sites for hydroxylation is 1. The number of nitrogens with zero attached hydrogens (tertiary/aromatic N) is 1. The number of amides is 1. The molecule has 0 bridgehead atoms. The number of nitrogens with one attached hydrogen (secondary N) is 2. The third-order valence-corrected chi connectivity index (χ3v) is 7.16. The van der Waals surface area contributed by atoms with E-state index >= 15 is 0 Å². The van der Waals surface area contributed by atoms with Crippen LogP contribution in [0.2, 0.25) is 0 Å². The molecule has 33 heavy (non-hydrogen) atoms. The predicted molar refractivity (Wildman–Crippen MR) is 128 cm³/mol. The van der Waals surface area contributed by atoms with Gasteiger partial charge in [-0.05, 0) is 49.6 Å². The number of fused-ring (bicyclic) bond motifs is 1. The minimum absolute atomic E-state index is 0.0257. The molecular formula is C24H33N3O5S. The minimum Gasteiger partial charge on any atom is -0.491 e. The Morgan fingerprint density at radius 1 is 1.18 bits per heavy atom. The topological polar surface area (TPSA) is 97.0 Å². The zero-order chi connectivity index (χ0) is 24.2. The van der Waals surface area contributed by atoms with Crippen LogP contribution >= 0.6 is 0 Å². The van der Waals surface area contributed by atoms with E-state index in [2.05, 4.69) is 17.0 Å². The van der Waals surface area contributed by atoms with Crippen LogP contribution in [0.4, 0.5) is 5.69 Å². The summed E-state index contributed by atoms with van der Waals surface area (Å²) in [5.41, 5.74) is 1.53. The Labute approximate surface area is 196 Å². The zero-order valence-corrected chi connectivity index (χ0v) is 20.6. The third kappa shape index (κ3) is 6.25. The van der Waals surface area contributed by atoms with Gasteiger partial charge in [0.25, 0.3) is 15.9 Å². The second-order valence-corrected chi connectivity index (χ2v) is 10.4. The molecule has 0 radical (unpaired) electrons. The highest BCUT2D eigenvalue weighted by atomic mass is 32.2. The number of hydrogen-bond acceptors (Lipinski definition) is 6. The average molecular weight is 476 g/mol. The summed E-state index contributed by atoms with van der Waals surface area (Å²) in [7, 11) is -0.410. The van der Waals surface area contributed by atoms with Gasteiger partial charge < -0.3 is 19.7 Å². The number of carbonyl (C=O) groups excluding carboxylic acids is 1. The van der Waals surface area contributed by atoms with Crippen molar-refractivity contribution in [3.05, 3.63) is 53.6 Å². The number of benzene rings is 2. The zero-order valence-electron chi connectivity index (χ0n) is 19.8. The van der Waals surface area contributed by atoms with E-state index in [9.17, 15) is 13.2 Å². The molecule has 2 aromatic rings. The molecule has 1 aliphatic heterocycles. The van der Waals surface area contributed by atoms with Gasteiger partial charge in [0.05, 0.1) is 22.3 Å². The fourth-order valence-electron chi connectivity index (χ4n) is 3.72. The summed E-state index contributed by atoms with van der Waals surface area (Å²) in [5.74, 6) is 0.311. The van der Waals surface area contributed by atoms with E-state index in [0.717, 1.165) is 5.56 Å². The molecule has 3 rings (SSSR count). The number of likely N-dealkylation sites (N-methyl/N-ethyl adjacent to an activating group) is 1. The molecule has 3 atom stereocenters. The van der Waals surface area contributed by atoms with Crippen molar-refractivity contribution in [3.63, 3.8) is 0 Å². The summed E-state index contributed by atoms with van der Waals surface area (Å²) >= 11 is 0. The van der Waals surface area contributed by atoms with Crippen molar-refractivity contribution >= 4 is 21.6 Å². The first-order valence-electron chi connectivity index (χ1n) is 11.0. The van der Waals surface area contributed by atoms with Crippen molar-refractivity contribution in [1.82, 2.24) is 10.2 Å². The Morgan fingerprint density at radius 2 is 1.94 bits per heavy atom. The van der Waals surface area contributed by atoms with E-state index < -0.39 is 10.0 Å². The van der Waals surface area contributed by atoms with Crippen molar-refractivity contribution < 1.29 is 22.7 Å². The van der Waals surface area contributed by atoms with Crippen molar-refractivity contribution in [3.8, 4) is 5.75 Å². The number of ether oxygens (including phenoxy) is 2. The van der Waals surface area contributed by atoms with Gasteiger partial charge in [-0.25, -0.2) is 8.42 Å². The lowest BCUT2D eigenvalue weighted by molar-refractivity contribution is 0.0281. The van der Waals surface area contributed by atoms with E-state index in [4.69, 9.17) is 9.47 Å². The van der Waals surface area contributed by atoms with Gasteiger partial charge in [0, 0.05) is 39.4 Å². The Kier molecular flexibility index (Phi) is 7.99. The molecule has 2 N–H and O–H groups in total. The molecule has 0 aromatic heterocycles. The molecule has 0 saturated heterocycles. The molecule has 9 heteroatoms. The van der Waals surface area contributed by atoms with Gasteiger partial charge in [-0.1, -0.05) is 19.1 Å². The summed E-state index contributed by atoms with van der Waals surface area (Å²) in [5, 5.41) is 3.43. The van der Waals surface area contributed by atoms with Crippen molar-refractivity contribution in [2.75, 3.05) is 38.6 Å². The number of anilines is 1. The smallest absolute Gasteiger partial charge is 0.261 e. The molecule has 1 heterocycles. The van der Waals surface area contributed by atoms with Crippen LogP contribution in [0.1, 0.15) is 29.8 Å². The first-order chi connectivity index (χ1) is 15.6. The van der Waals surface area contributed by atoms with Gasteiger partial charge >= 0.3 is 0 Å². The lowest BCUT2D eigenvalue weighted by Gasteiger charge is -2.30. The quantitative estimate of drug-likeness (QED) is 0.706. The van der Waals surface area contributed by atoms with Gasteiger partial charge in [0.2, 0.25) is 0 Å². The summed E-state index contributed by atoms with van der Waals surface area (Å²) in [4.78, 5) is 15.0. The largest absolute Gasteiger partial charge is 0.491 e. The highest BCUT2D eigenvalue weighted by Crippen LogP contribution is 2.27. The number of sulfonamides is 1. The molecule has 1 aliphatic rings. The predicted octanol–water partition coefficient (Wildman–Crippen LogP) is 2.89. The van der Waals surface area contributed by atoms with Crippen LogP contribution < -0.4 is 14.8 Å². The molecule has 0 unspecified atom stereocenters. The van der Waals surface area contributed by atoms with Gasteiger partial charge in [-0.3, -0.25) is 9.52 Å². The molecular weight excluding hydrogens is 442 g/mol. The molecule has 0 spiro atoms. The Hall–Kier alpha value is -2.62. The summed E-state index contributed by atoms with van der Waals surface area (Å²) in [6.45, 7) is 7.38. The first-order valence-corrected chi connectivity index (χ1v) is 12.5. The van der Waals surface area contributed by atoms with E-state index in [1.807, 2.05) is 19.9 Å². The van der Waals surface area contributed by atoms with Gasteiger partial charge in [0.1, 0.15) is 12.4 Å². The monoisotopic (exact) mass is 475 g/mol. The van der Waals surface area contributed by atoms with Crippen molar-refractivity contribution in [2.24, 2.45) is 5.92 Å². The van der Waals surface area contributed by atoms with Crippen LogP contribution in [0.15, 0.2) is 47.4 Å². The van der Waals surface area contributed by atoms with E-state index in [-0.39, 0.29) is 28.9 Å². The third-order valence-electron chi connectivity index (χ3n) is 5.78. The maximum absolute atomic E-state index is 13.2. The number of rotatable bonds is 4. The molecule has 0 saturated carbocycles. The van der Waals surface area contributed by atoms with E-state index in [1.165, 1.54) is 0 Å². The van der Waals surface area contributed by atoms with Gasteiger partial charge in [-0.2, -0.15) is 0 Å². The van der Waals surface area contributed by atoms with Crippen LogP contribution in [-0.2, 0) is 14.8 Å². The second-order valence-electron chi connectivity index (χ2n) is 8.69. The van der Waals surface area contributed by atoms with Gasteiger partial charge in [0.15, 0.2) is 0 Å². The maximum Gasteiger partial charge on any atom is 0.261 e. The second kappa shape index (κ2) is 10.5. The Morgan fingerprint density at radius 3 is 2.64 bits per heavy atom. The van der Waals surface area contributed by atoms with Crippen LogP contribution in [0.3, 0.4) is 0 Å². The lowest BCUT2D eigenvalue weighted by atomic mass is 10.0. The van der Waals surface area contributed by atoms with Crippen molar-refractivity contribution in [1.29, 1.82) is 0 Å². The maximum atomic E-state index is 13.2. The molecule has 0 aliphatic carbocycles. The summed E-state index contributed by atoms with van der Waals surface area (Å²) in [6.07, 6.45) is -0.122. The highest BCUT2D eigenvalue weighted by molar-refractivity contribution is 7.92. The lowest BCUT2D eigenvalue weighted by Crippen LogP contribution is -2.44. The normalized spacial score (nSPS) is 22.5. The molecule has 0 fully saturated rings. The molecule has 2 aromatic carbocycles. The number of methoxy groups -OCH3 is 1. The van der Waals surface area contributed by atoms with Crippen LogP contribution in [0.25, 0.3) is 0 Å². The fourth-order valence-corrected chi connectivity index (χ4v) is 4.87. The van der Waals surface area contributed by atoms with Crippen LogP contribution in [-0.4, -0.2) is 65.2 Å². The van der Waals surface area contributed by atoms with Crippen molar-refractivity contribution in [2.45, 2.75) is 37.8 Å².